The molecule has 0 spiro atoms. The van der Waals surface area contributed by atoms with Gasteiger partial charge in [-0.25, -0.2) is 0 Å². The number of rotatable bonds is 4. The van der Waals surface area contributed by atoms with Gasteiger partial charge in [0.25, 0.3) is 5.56 Å². The van der Waals surface area contributed by atoms with Crippen LogP contribution in [0.15, 0.2) is 35.1 Å². The second-order valence-electron chi connectivity index (χ2n) is 3.99. The number of nitrogens with zero attached hydrogens (tertiary/aromatic N) is 1. The minimum Gasteiger partial charge on any atom is -0.439 e. The quantitative estimate of drug-likeness (QED) is 0.899. The minimum absolute atomic E-state index is 0.191. The number of H-pyrrole nitrogens is 1. The summed E-state index contributed by atoms with van der Waals surface area (Å²) in [4.78, 5) is 18.3. The summed E-state index contributed by atoms with van der Waals surface area (Å²) >= 11 is 0. The first-order chi connectivity index (χ1) is 8.71. The first-order valence-electron chi connectivity index (χ1n) is 6.08. The molecular formula is C14H16N2O2. The normalized spacial score (nSPS) is 10.3. The Kier molecular flexibility index (Phi) is 3.77. The Morgan fingerprint density at radius 1 is 1.22 bits per heavy atom. The van der Waals surface area contributed by atoms with Crippen molar-refractivity contribution in [2.45, 2.75) is 26.7 Å². The van der Waals surface area contributed by atoms with Gasteiger partial charge >= 0.3 is 0 Å². The SMILES string of the molecule is CCc1cccc(Oc2cc(=O)[nH]c(CC)n2)c1. The van der Waals surface area contributed by atoms with Gasteiger partial charge in [-0.15, -0.1) is 0 Å². The zero-order valence-electron chi connectivity index (χ0n) is 10.6. The van der Waals surface area contributed by atoms with Crippen molar-refractivity contribution in [2.24, 2.45) is 0 Å². The van der Waals surface area contributed by atoms with E-state index in [2.05, 4.69) is 16.9 Å². The number of aryl methyl sites for hydroxylation is 2. The van der Waals surface area contributed by atoms with E-state index in [-0.39, 0.29) is 5.56 Å². The van der Waals surface area contributed by atoms with Crippen LogP contribution >= 0.6 is 0 Å². The number of ether oxygens (including phenoxy) is 1. The van der Waals surface area contributed by atoms with Crippen molar-refractivity contribution < 1.29 is 4.74 Å². The van der Waals surface area contributed by atoms with Gasteiger partial charge in [0, 0.05) is 6.42 Å². The van der Waals surface area contributed by atoms with E-state index < -0.39 is 0 Å². The Bertz CT molecular complexity index is 590. The fourth-order valence-corrected chi connectivity index (χ4v) is 1.65. The highest BCUT2D eigenvalue weighted by Crippen LogP contribution is 2.19. The summed E-state index contributed by atoms with van der Waals surface area (Å²) in [6.07, 6.45) is 1.61. The van der Waals surface area contributed by atoms with Crippen LogP contribution in [0.25, 0.3) is 0 Å². The summed E-state index contributed by atoms with van der Waals surface area (Å²) < 4.78 is 5.61. The molecule has 0 aliphatic heterocycles. The lowest BCUT2D eigenvalue weighted by atomic mass is 10.2. The van der Waals surface area contributed by atoms with E-state index in [1.165, 1.54) is 11.6 Å². The van der Waals surface area contributed by atoms with Crippen LogP contribution in [0.5, 0.6) is 11.6 Å². The van der Waals surface area contributed by atoms with Crippen LogP contribution < -0.4 is 10.3 Å². The van der Waals surface area contributed by atoms with E-state index in [9.17, 15) is 4.79 Å². The Hall–Kier alpha value is -2.10. The van der Waals surface area contributed by atoms with Crippen LogP contribution in [0, 0.1) is 0 Å². The van der Waals surface area contributed by atoms with Crippen LogP contribution in [0.4, 0.5) is 0 Å². The molecule has 0 amide bonds. The lowest BCUT2D eigenvalue weighted by Crippen LogP contribution is -2.10. The maximum absolute atomic E-state index is 11.4. The van der Waals surface area contributed by atoms with Crippen LogP contribution in [-0.2, 0) is 12.8 Å². The van der Waals surface area contributed by atoms with Gasteiger partial charge in [0.1, 0.15) is 11.6 Å². The van der Waals surface area contributed by atoms with Gasteiger partial charge in [-0.1, -0.05) is 26.0 Å². The summed E-state index contributed by atoms with van der Waals surface area (Å²) in [5.41, 5.74) is 0.997. The zero-order valence-corrected chi connectivity index (χ0v) is 10.6. The van der Waals surface area contributed by atoms with Crippen LogP contribution in [0.2, 0.25) is 0 Å². The molecule has 0 aliphatic rings. The monoisotopic (exact) mass is 244 g/mol. The maximum atomic E-state index is 11.4. The highest BCUT2D eigenvalue weighted by molar-refractivity contribution is 5.31. The Balaban J connectivity index is 2.27. The molecule has 94 valence electrons. The number of aromatic amines is 1. The highest BCUT2D eigenvalue weighted by atomic mass is 16.5. The van der Waals surface area contributed by atoms with E-state index in [0.717, 1.165) is 6.42 Å². The Labute approximate surface area is 106 Å². The minimum atomic E-state index is -0.191. The average molecular weight is 244 g/mol. The summed E-state index contributed by atoms with van der Waals surface area (Å²) in [6.45, 7) is 4.01. The fraction of sp³-hybridized carbons (Fsp3) is 0.286. The molecular weight excluding hydrogens is 228 g/mol. The lowest BCUT2D eigenvalue weighted by molar-refractivity contribution is 0.457. The standard InChI is InChI=1S/C14H16N2O2/c1-3-10-6-5-7-11(8-10)18-14-9-13(17)15-12(4-2)16-14/h5-9H,3-4H2,1-2H3,(H,15,16,17). The number of hydrogen-bond donors (Lipinski definition) is 1. The second-order valence-corrected chi connectivity index (χ2v) is 3.99. The fourth-order valence-electron chi connectivity index (χ4n) is 1.65. The van der Waals surface area contributed by atoms with Crippen molar-refractivity contribution in [3.05, 3.63) is 52.1 Å². The van der Waals surface area contributed by atoms with Crippen LogP contribution in [0.3, 0.4) is 0 Å². The number of aromatic nitrogens is 2. The number of nitrogens with one attached hydrogen (secondary N) is 1. The molecule has 0 saturated heterocycles. The average Bonchev–Trinajstić information content (AvgIpc) is 2.38. The molecule has 0 bridgehead atoms. The van der Waals surface area contributed by atoms with Gasteiger partial charge in [-0.2, -0.15) is 4.98 Å². The summed E-state index contributed by atoms with van der Waals surface area (Å²) in [6, 6.07) is 9.14. The summed E-state index contributed by atoms with van der Waals surface area (Å²) in [5.74, 6) is 1.67. The van der Waals surface area contributed by atoms with E-state index in [0.29, 0.717) is 23.9 Å². The third-order valence-corrected chi connectivity index (χ3v) is 2.63. The number of benzene rings is 1. The molecule has 18 heavy (non-hydrogen) atoms. The van der Waals surface area contributed by atoms with Crippen molar-refractivity contribution in [1.29, 1.82) is 0 Å². The molecule has 0 unspecified atom stereocenters. The summed E-state index contributed by atoms with van der Waals surface area (Å²) in [7, 11) is 0. The van der Waals surface area contributed by atoms with Crippen molar-refractivity contribution in [1.82, 2.24) is 9.97 Å². The molecule has 0 radical (unpaired) electrons. The molecule has 1 aromatic carbocycles. The molecule has 2 aromatic rings. The van der Waals surface area contributed by atoms with Gasteiger partial charge in [0.15, 0.2) is 0 Å². The van der Waals surface area contributed by atoms with Gasteiger partial charge in [-0.05, 0) is 24.1 Å². The second kappa shape index (κ2) is 5.49. The van der Waals surface area contributed by atoms with E-state index >= 15 is 0 Å². The number of hydrogen-bond acceptors (Lipinski definition) is 3. The molecule has 4 heteroatoms. The smallest absolute Gasteiger partial charge is 0.254 e. The molecule has 4 nitrogen and oxygen atoms in total. The summed E-state index contributed by atoms with van der Waals surface area (Å²) in [5, 5.41) is 0. The van der Waals surface area contributed by atoms with E-state index in [1.54, 1.807) is 0 Å². The topological polar surface area (TPSA) is 55.0 Å². The highest BCUT2D eigenvalue weighted by Gasteiger charge is 2.03. The Morgan fingerprint density at radius 2 is 2.06 bits per heavy atom. The van der Waals surface area contributed by atoms with Crippen LogP contribution in [-0.4, -0.2) is 9.97 Å². The van der Waals surface area contributed by atoms with Gasteiger partial charge in [-0.3, -0.25) is 4.79 Å². The van der Waals surface area contributed by atoms with Crippen molar-refractivity contribution in [2.75, 3.05) is 0 Å². The van der Waals surface area contributed by atoms with Crippen molar-refractivity contribution in [3.8, 4) is 11.6 Å². The molecule has 1 heterocycles. The third kappa shape index (κ3) is 2.97. The molecule has 0 saturated carbocycles. The Morgan fingerprint density at radius 3 is 2.78 bits per heavy atom. The van der Waals surface area contributed by atoms with Crippen molar-refractivity contribution in [3.63, 3.8) is 0 Å². The van der Waals surface area contributed by atoms with E-state index in [4.69, 9.17) is 4.74 Å². The largest absolute Gasteiger partial charge is 0.439 e. The first kappa shape index (κ1) is 12.4. The lowest BCUT2D eigenvalue weighted by Gasteiger charge is -2.06. The molecule has 1 N–H and O–H groups in total. The maximum Gasteiger partial charge on any atom is 0.254 e. The van der Waals surface area contributed by atoms with Crippen molar-refractivity contribution >= 4 is 0 Å². The molecule has 2 rings (SSSR count). The van der Waals surface area contributed by atoms with Gasteiger partial charge < -0.3 is 9.72 Å². The zero-order chi connectivity index (χ0) is 13.0. The van der Waals surface area contributed by atoms with Crippen LogP contribution in [0.1, 0.15) is 25.2 Å². The molecule has 0 aliphatic carbocycles. The van der Waals surface area contributed by atoms with Gasteiger partial charge in [0.2, 0.25) is 5.88 Å². The molecule has 0 fully saturated rings. The van der Waals surface area contributed by atoms with E-state index in [1.807, 2.05) is 31.2 Å². The molecule has 1 aromatic heterocycles. The molecule has 0 atom stereocenters. The van der Waals surface area contributed by atoms with Gasteiger partial charge in [0.05, 0.1) is 6.07 Å². The third-order valence-electron chi connectivity index (χ3n) is 2.63. The predicted octanol–water partition coefficient (Wildman–Crippen LogP) is 2.69. The first-order valence-corrected chi connectivity index (χ1v) is 6.08. The predicted molar refractivity (Wildman–Crippen MR) is 70.1 cm³/mol.